The number of hydrogen-bond acceptors (Lipinski definition) is 4. The first-order chi connectivity index (χ1) is 7.72. The van der Waals surface area contributed by atoms with Crippen LogP contribution in [0.1, 0.15) is 10.9 Å². The Morgan fingerprint density at radius 2 is 2.06 bits per heavy atom. The third-order valence-electron chi connectivity index (χ3n) is 2.27. The van der Waals surface area contributed by atoms with Crippen molar-refractivity contribution in [2.24, 2.45) is 0 Å². The second-order valence-electron chi connectivity index (χ2n) is 3.29. The summed E-state index contributed by atoms with van der Waals surface area (Å²) in [5, 5.41) is -0.819. The Kier molecular flexibility index (Phi) is 3.19. The van der Waals surface area contributed by atoms with Gasteiger partial charge in [0.1, 0.15) is 13.2 Å². The lowest BCUT2D eigenvalue weighted by molar-refractivity contribution is -0.140. The molecule has 86 valence electrons. The number of rotatable bonds is 2. The summed E-state index contributed by atoms with van der Waals surface area (Å²) < 4.78 is 15.3. The third kappa shape index (κ3) is 2.07. The maximum atomic E-state index is 11.3. The number of methoxy groups -OCH3 is 1. The molecule has 2 rings (SSSR count). The van der Waals surface area contributed by atoms with Crippen molar-refractivity contribution >= 4 is 17.6 Å². The molecule has 1 aliphatic rings. The van der Waals surface area contributed by atoms with E-state index in [0.717, 1.165) is 0 Å². The minimum absolute atomic E-state index is 0.488. The number of esters is 1. The van der Waals surface area contributed by atoms with E-state index in [0.29, 0.717) is 30.3 Å². The first-order valence-electron chi connectivity index (χ1n) is 4.84. The predicted octanol–water partition coefficient (Wildman–Crippen LogP) is 1.91. The molecule has 1 atom stereocenters. The first-order valence-corrected chi connectivity index (χ1v) is 5.27. The molecule has 0 N–H and O–H groups in total. The van der Waals surface area contributed by atoms with E-state index in [9.17, 15) is 4.79 Å². The molecule has 4 nitrogen and oxygen atoms in total. The SMILES string of the molecule is COC(=O)C(Cl)c1ccc2c(c1)OCCO2. The van der Waals surface area contributed by atoms with E-state index in [-0.39, 0.29) is 0 Å². The van der Waals surface area contributed by atoms with Crippen LogP contribution in [0.3, 0.4) is 0 Å². The van der Waals surface area contributed by atoms with Crippen LogP contribution in [0.25, 0.3) is 0 Å². The highest BCUT2D eigenvalue weighted by molar-refractivity contribution is 6.29. The molecule has 1 aromatic carbocycles. The van der Waals surface area contributed by atoms with Gasteiger partial charge in [-0.2, -0.15) is 0 Å². The average Bonchev–Trinajstić information content (AvgIpc) is 2.36. The number of hydrogen-bond donors (Lipinski definition) is 0. The Hall–Kier alpha value is -1.42. The Balaban J connectivity index is 2.26. The van der Waals surface area contributed by atoms with Gasteiger partial charge in [-0.15, -0.1) is 11.6 Å². The van der Waals surface area contributed by atoms with Gasteiger partial charge in [-0.3, -0.25) is 4.79 Å². The molecule has 0 saturated heterocycles. The van der Waals surface area contributed by atoms with Crippen molar-refractivity contribution < 1.29 is 19.0 Å². The Morgan fingerprint density at radius 3 is 2.75 bits per heavy atom. The van der Waals surface area contributed by atoms with Crippen LogP contribution in [0, 0.1) is 0 Å². The van der Waals surface area contributed by atoms with E-state index in [1.165, 1.54) is 7.11 Å². The molecule has 0 fully saturated rings. The lowest BCUT2D eigenvalue weighted by Gasteiger charge is -2.19. The van der Waals surface area contributed by atoms with Gasteiger partial charge in [-0.25, -0.2) is 0 Å². The van der Waals surface area contributed by atoms with Crippen molar-refractivity contribution in [3.8, 4) is 11.5 Å². The summed E-state index contributed by atoms with van der Waals surface area (Å²) in [6.45, 7) is 1.04. The first kappa shape index (κ1) is 11.1. The number of fused-ring (bicyclic) bond motifs is 1. The monoisotopic (exact) mass is 242 g/mol. The molecule has 1 aliphatic heterocycles. The second kappa shape index (κ2) is 4.61. The summed E-state index contributed by atoms with van der Waals surface area (Å²) in [5.74, 6) is 0.792. The maximum absolute atomic E-state index is 11.3. The van der Waals surface area contributed by atoms with Gasteiger partial charge >= 0.3 is 5.97 Å². The van der Waals surface area contributed by atoms with E-state index < -0.39 is 11.3 Å². The zero-order chi connectivity index (χ0) is 11.5. The molecule has 0 spiro atoms. The standard InChI is InChI=1S/C11H11ClO4/c1-14-11(13)10(12)7-2-3-8-9(6-7)16-5-4-15-8/h2-3,6,10H,4-5H2,1H3. The number of ether oxygens (including phenoxy) is 3. The maximum Gasteiger partial charge on any atom is 0.328 e. The van der Waals surface area contributed by atoms with Crippen LogP contribution in [0.5, 0.6) is 11.5 Å². The quantitative estimate of drug-likeness (QED) is 0.587. The highest BCUT2D eigenvalue weighted by Crippen LogP contribution is 2.34. The lowest BCUT2D eigenvalue weighted by atomic mass is 10.1. The summed E-state index contributed by atoms with van der Waals surface area (Å²) in [5.41, 5.74) is 0.637. The molecule has 5 heteroatoms. The van der Waals surface area contributed by atoms with Gasteiger partial charge in [-0.05, 0) is 17.7 Å². The number of alkyl halides is 1. The molecule has 1 unspecified atom stereocenters. The van der Waals surface area contributed by atoms with Crippen molar-refractivity contribution in [1.82, 2.24) is 0 Å². The van der Waals surface area contributed by atoms with Gasteiger partial charge in [0.25, 0.3) is 0 Å². The van der Waals surface area contributed by atoms with E-state index in [4.69, 9.17) is 21.1 Å². The van der Waals surface area contributed by atoms with E-state index >= 15 is 0 Å². The smallest absolute Gasteiger partial charge is 0.328 e. The summed E-state index contributed by atoms with van der Waals surface area (Å²) in [7, 11) is 1.30. The summed E-state index contributed by atoms with van der Waals surface area (Å²) in [6, 6.07) is 5.16. The van der Waals surface area contributed by atoms with Crippen LogP contribution >= 0.6 is 11.6 Å². The molecule has 0 bridgehead atoms. The molecule has 16 heavy (non-hydrogen) atoms. The van der Waals surface area contributed by atoms with Gasteiger partial charge in [-0.1, -0.05) is 6.07 Å². The van der Waals surface area contributed by atoms with Crippen molar-refractivity contribution in [3.05, 3.63) is 23.8 Å². The predicted molar refractivity (Wildman–Crippen MR) is 58.0 cm³/mol. The molecule has 0 radical (unpaired) electrons. The molecular formula is C11H11ClO4. The fourth-order valence-corrected chi connectivity index (χ4v) is 1.68. The van der Waals surface area contributed by atoms with Gasteiger partial charge in [0, 0.05) is 0 Å². The van der Waals surface area contributed by atoms with Crippen LogP contribution in [-0.2, 0) is 9.53 Å². The third-order valence-corrected chi connectivity index (χ3v) is 2.70. The molecule has 0 amide bonds. The van der Waals surface area contributed by atoms with Crippen LogP contribution in [0.15, 0.2) is 18.2 Å². The molecule has 0 aromatic heterocycles. The van der Waals surface area contributed by atoms with Gasteiger partial charge in [0.05, 0.1) is 7.11 Å². The lowest BCUT2D eigenvalue weighted by Crippen LogP contribution is -2.16. The van der Waals surface area contributed by atoms with Crippen LogP contribution in [-0.4, -0.2) is 26.3 Å². The van der Waals surface area contributed by atoms with Crippen molar-refractivity contribution in [1.29, 1.82) is 0 Å². The molecular weight excluding hydrogens is 232 g/mol. The highest BCUT2D eigenvalue weighted by atomic mass is 35.5. The minimum Gasteiger partial charge on any atom is -0.486 e. The second-order valence-corrected chi connectivity index (χ2v) is 3.73. The number of carbonyl (C=O) groups excluding carboxylic acids is 1. The average molecular weight is 243 g/mol. The molecule has 0 aliphatic carbocycles. The topological polar surface area (TPSA) is 44.8 Å². The Bertz CT molecular complexity index is 405. The molecule has 1 aromatic rings. The van der Waals surface area contributed by atoms with E-state index in [2.05, 4.69) is 4.74 Å². The minimum atomic E-state index is -0.819. The normalized spacial score (nSPS) is 15.4. The Labute approximate surface area is 98.1 Å². The van der Waals surface area contributed by atoms with Gasteiger partial charge in [0.15, 0.2) is 16.9 Å². The highest BCUT2D eigenvalue weighted by Gasteiger charge is 2.21. The zero-order valence-corrected chi connectivity index (χ0v) is 9.49. The van der Waals surface area contributed by atoms with Gasteiger partial charge in [0.2, 0.25) is 0 Å². The Morgan fingerprint density at radius 1 is 1.38 bits per heavy atom. The van der Waals surface area contributed by atoms with Gasteiger partial charge < -0.3 is 14.2 Å². The summed E-state index contributed by atoms with van der Waals surface area (Å²) in [4.78, 5) is 11.3. The molecule has 1 heterocycles. The zero-order valence-electron chi connectivity index (χ0n) is 8.73. The van der Waals surface area contributed by atoms with Crippen LogP contribution in [0.2, 0.25) is 0 Å². The summed E-state index contributed by atoms with van der Waals surface area (Å²) in [6.07, 6.45) is 0. The van der Waals surface area contributed by atoms with Crippen molar-refractivity contribution in [3.63, 3.8) is 0 Å². The largest absolute Gasteiger partial charge is 0.486 e. The number of carbonyl (C=O) groups is 1. The van der Waals surface area contributed by atoms with Crippen molar-refractivity contribution in [2.45, 2.75) is 5.38 Å². The van der Waals surface area contributed by atoms with E-state index in [1.807, 2.05) is 0 Å². The fraction of sp³-hybridized carbons (Fsp3) is 0.364. The van der Waals surface area contributed by atoms with Crippen LogP contribution in [0.4, 0.5) is 0 Å². The molecule has 0 saturated carbocycles. The number of benzene rings is 1. The fourth-order valence-electron chi connectivity index (χ4n) is 1.46. The van der Waals surface area contributed by atoms with Crippen LogP contribution < -0.4 is 9.47 Å². The summed E-state index contributed by atoms with van der Waals surface area (Å²) >= 11 is 5.93. The van der Waals surface area contributed by atoms with E-state index in [1.54, 1.807) is 18.2 Å². The number of halogens is 1. The van der Waals surface area contributed by atoms with Crippen molar-refractivity contribution in [2.75, 3.05) is 20.3 Å².